The first-order chi connectivity index (χ1) is 9.67. The van der Waals surface area contributed by atoms with Gasteiger partial charge >= 0.3 is 6.92 Å². The third-order valence-electron chi connectivity index (χ3n) is 3.42. The lowest BCUT2D eigenvalue weighted by Gasteiger charge is -2.31. The van der Waals surface area contributed by atoms with Crippen LogP contribution < -0.4 is 0 Å². The van der Waals surface area contributed by atoms with Gasteiger partial charge in [0.05, 0.1) is 0 Å². The number of ether oxygens (including phenoxy) is 2. The molecule has 5 nitrogen and oxygen atoms in total. The van der Waals surface area contributed by atoms with Crippen molar-refractivity contribution < 1.29 is 24.3 Å². The second-order valence-electron chi connectivity index (χ2n) is 4.68. The average molecular weight is 278 g/mol. The van der Waals surface area contributed by atoms with E-state index in [-0.39, 0.29) is 12.4 Å². The van der Waals surface area contributed by atoms with Crippen LogP contribution in [0, 0.1) is 0 Å². The van der Waals surface area contributed by atoms with Gasteiger partial charge in [0.25, 0.3) is 0 Å². The molecule has 0 radical (unpaired) electrons. The smallest absolute Gasteiger partial charge is 0.332 e. The maximum atomic E-state index is 10.2. The Labute approximate surface area is 118 Å². The molecule has 1 aliphatic rings. The first-order valence-electron chi connectivity index (χ1n) is 6.48. The minimum absolute atomic E-state index is 0.00795. The summed E-state index contributed by atoms with van der Waals surface area (Å²) in [7, 11) is 3.00. The number of rotatable bonds is 5. The lowest BCUT2D eigenvalue weighted by atomic mass is 9.53. The Morgan fingerprint density at radius 3 is 2.60 bits per heavy atom. The molecule has 1 aliphatic heterocycles. The van der Waals surface area contributed by atoms with Crippen molar-refractivity contribution in [2.24, 2.45) is 0 Å². The van der Waals surface area contributed by atoms with Crippen LogP contribution in [0.15, 0.2) is 41.6 Å². The summed E-state index contributed by atoms with van der Waals surface area (Å²) in [4.78, 5) is 0. The molecule has 0 saturated carbocycles. The standard InChI is InChI=1S/C14H19BO5/c1-18-14-13(17)12(11(16)9-20-14)15(19-2)8-10-6-4-3-5-7-10/h3-7,13-14,16-17H,8-9H2,1-2H3. The van der Waals surface area contributed by atoms with E-state index in [2.05, 4.69) is 0 Å². The largest absolute Gasteiger partial charge is 0.511 e. The van der Waals surface area contributed by atoms with Crippen LogP contribution in [0.4, 0.5) is 0 Å². The highest BCUT2D eigenvalue weighted by Crippen LogP contribution is 2.24. The van der Waals surface area contributed by atoms with Gasteiger partial charge in [0.1, 0.15) is 18.5 Å². The van der Waals surface area contributed by atoms with Crippen LogP contribution in [0.25, 0.3) is 0 Å². The molecule has 0 saturated heterocycles. The molecule has 1 aromatic rings. The monoisotopic (exact) mass is 278 g/mol. The molecule has 20 heavy (non-hydrogen) atoms. The summed E-state index contributed by atoms with van der Waals surface area (Å²) in [5.41, 5.74) is 1.49. The van der Waals surface area contributed by atoms with Crippen LogP contribution in [-0.4, -0.2) is 50.3 Å². The maximum absolute atomic E-state index is 10.2. The SMILES string of the molecule is COB(Cc1ccccc1)C1=C(O)COC(OC)C1O. The lowest BCUT2D eigenvalue weighted by Crippen LogP contribution is -2.44. The maximum Gasteiger partial charge on any atom is 0.332 e. The Bertz CT molecular complexity index is 462. The van der Waals surface area contributed by atoms with Gasteiger partial charge in [-0.05, 0) is 6.32 Å². The molecule has 2 rings (SSSR count). The van der Waals surface area contributed by atoms with Crippen LogP contribution >= 0.6 is 0 Å². The van der Waals surface area contributed by atoms with E-state index < -0.39 is 19.3 Å². The van der Waals surface area contributed by atoms with Crippen molar-refractivity contribution in [3.05, 3.63) is 47.1 Å². The molecule has 1 heterocycles. The van der Waals surface area contributed by atoms with Crippen molar-refractivity contribution in [1.29, 1.82) is 0 Å². The van der Waals surface area contributed by atoms with Crippen LogP contribution in [0.2, 0.25) is 0 Å². The van der Waals surface area contributed by atoms with Crippen molar-refractivity contribution in [2.75, 3.05) is 20.8 Å². The molecule has 0 amide bonds. The number of benzene rings is 1. The Kier molecular flexibility index (Phi) is 5.20. The molecular formula is C14H19BO5. The third-order valence-corrected chi connectivity index (χ3v) is 3.42. The first-order valence-corrected chi connectivity index (χ1v) is 6.48. The van der Waals surface area contributed by atoms with E-state index in [1.165, 1.54) is 7.11 Å². The van der Waals surface area contributed by atoms with E-state index >= 15 is 0 Å². The van der Waals surface area contributed by atoms with Gasteiger partial charge in [-0.3, -0.25) is 0 Å². The van der Waals surface area contributed by atoms with Gasteiger partial charge in [-0.15, -0.1) is 0 Å². The summed E-state index contributed by atoms with van der Waals surface area (Å²) in [6, 6.07) is 9.77. The van der Waals surface area contributed by atoms with Crippen molar-refractivity contribution in [2.45, 2.75) is 18.7 Å². The number of hydrogen-bond acceptors (Lipinski definition) is 5. The number of methoxy groups -OCH3 is 1. The average Bonchev–Trinajstić information content (AvgIpc) is 2.47. The summed E-state index contributed by atoms with van der Waals surface area (Å²) >= 11 is 0. The van der Waals surface area contributed by atoms with E-state index in [1.807, 2.05) is 30.3 Å². The summed E-state index contributed by atoms with van der Waals surface area (Å²) in [5, 5.41) is 20.2. The molecule has 2 atom stereocenters. The van der Waals surface area contributed by atoms with Crippen molar-refractivity contribution in [3.63, 3.8) is 0 Å². The topological polar surface area (TPSA) is 68.2 Å². The van der Waals surface area contributed by atoms with Gasteiger partial charge in [0.15, 0.2) is 6.29 Å². The molecule has 2 unspecified atom stereocenters. The van der Waals surface area contributed by atoms with Gasteiger partial charge in [-0.1, -0.05) is 35.9 Å². The minimum atomic E-state index is -1.04. The van der Waals surface area contributed by atoms with Crippen molar-refractivity contribution in [3.8, 4) is 0 Å². The van der Waals surface area contributed by atoms with E-state index in [0.29, 0.717) is 11.8 Å². The summed E-state index contributed by atoms with van der Waals surface area (Å²) in [6.07, 6.45) is -1.26. The zero-order valence-corrected chi connectivity index (χ0v) is 11.7. The number of aliphatic hydroxyl groups is 2. The van der Waals surface area contributed by atoms with Gasteiger partial charge in [-0.25, -0.2) is 0 Å². The Morgan fingerprint density at radius 2 is 2.00 bits per heavy atom. The van der Waals surface area contributed by atoms with E-state index in [9.17, 15) is 10.2 Å². The molecule has 0 aromatic heterocycles. The van der Waals surface area contributed by atoms with Gasteiger partial charge in [0.2, 0.25) is 0 Å². The summed E-state index contributed by atoms with van der Waals surface area (Å²) < 4.78 is 15.7. The van der Waals surface area contributed by atoms with E-state index in [1.54, 1.807) is 7.11 Å². The molecule has 1 aromatic carbocycles. The molecule has 0 fully saturated rings. The third kappa shape index (κ3) is 3.21. The molecule has 2 N–H and O–H groups in total. The molecule has 0 aliphatic carbocycles. The fourth-order valence-electron chi connectivity index (χ4n) is 2.37. The van der Waals surface area contributed by atoms with Crippen LogP contribution in [0.3, 0.4) is 0 Å². The molecular weight excluding hydrogens is 259 g/mol. The Balaban J connectivity index is 2.21. The zero-order chi connectivity index (χ0) is 14.5. The quantitative estimate of drug-likeness (QED) is 0.790. The minimum Gasteiger partial charge on any atom is -0.511 e. The van der Waals surface area contributed by atoms with Crippen molar-refractivity contribution >= 4 is 6.92 Å². The summed E-state index contributed by atoms with van der Waals surface area (Å²) in [5.74, 6) is 0.00795. The Morgan fingerprint density at radius 1 is 1.30 bits per heavy atom. The molecule has 0 spiro atoms. The highest BCUT2D eigenvalue weighted by atomic mass is 16.7. The predicted molar refractivity (Wildman–Crippen MR) is 75.3 cm³/mol. The van der Waals surface area contributed by atoms with E-state index in [0.717, 1.165) is 5.56 Å². The van der Waals surface area contributed by atoms with Crippen LogP contribution in [0.1, 0.15) is 5.56 Å². The Hall–Kier alpha value is -1.34. The van der Waals surface area contributed by atoms with E-state index in [4.69, 9.17) is 14.1 Å². The van der Waals surface area contributed by atoms with Crippen LogP contribution in [0.5, 0.6) is 0 Å². The van der Waals surface area contributed by atoms with Crippen molar-refractivity contribution in [1.82, 2.24) is 0 Å². The second kappa shape index (κ2) is 6.90. The number of hydrogen-bond donors (Lipinski definition) is 2. The molecule has 108 valence electrons. The highest BCUT2D eigenvalue weighted by Gasteiger charge is 2.38. The second-order valence-corrected chi connectivity index (χ2v) is 4.68. The lowest BCUT2D eigenvalue weighted by molar-refractivity contribution is -0.176. The van der Waals surface area contributed by atoms with Gasteiger partial charge in [0, 0.05) is 19.7 Å². The fraction of sp³-hybridized carbons (Fsp3) is 0.429. The first kappa shape index (κ1) is 15.1. The zero-order valence-electron chi connectivity index (χ0n) is 11.7. The predicted octanol–water partition coefficient (Wildman–Crippen LogP) is 1.12. The summed E-state index contributed by atoms with van der Waals surface area (Å²) in [6.45, 7) is -0.409. The van der Waals surface area contributed by atoms with Gasteiger partial charge in [-0.2, -0.15) is 0 Å². The van der Waals surface area contributed by atoms with Crippen LogP contribution in [-0.2, 0) is 20.4 Å². The fourth-order valence-corrected chi connectivity index (χ4v) is 2.37. The number of aliphatic hydroxyl groups excluding tert-OH is 2. The highest BCUT2D eigenvalue weighted by molar-refractivity contribution is 6.60. The normalized spacial score (nSPS) is 22.9. The molecule has 0 bridgehead atoms. The molecule has 6 heteroatoms. The van der Waals surface area contributed by atoms with Gasteiger partial charge < -0.3 is 24.3 Å².